The lowest BCUT2D eigenvalue weighted by Crippen LogP contribution is -2.36. The molecule has 0 radical (unpaired) electrons. The lowest BCUT2D eigenvalue weighted by molar-refractivity contribution is -0.131. The second kappa shape index (κ2) is 6.98. The van der Waals surface area contributed by atoms with Crippen LogP contribution in [0.15, 0.2) is 0 Å². The van der Waals surface area contributed by atoms with E-state index in [0.717, 1.165) is 19.3 Å². The van der Waals surface area contributed by atoms with E-state index in [0.29, 0.717) is 18.8 Å². The zero-order valence-electron chi connectivity index (χ0n) is 9.61. The Bertz CT molecular complexity index is 260. The molecule has 3 N–H and O–H groups in total. The Balaban J connectivity index is 2.13. The molecule has 1 heterocycles. The number of carbonyl (C=O) groups is 1. The van der Waals surface area contributed by atoms with Crippen molar-refractivity contribution in [2.75, 3.05) is 25.1 Å². The maximum absolute atomic E-state index is 11.6. The molecule has 0 bridgehead atoms. The highest BCUT2D eigenvalue weighted by molar-refractivity contribution is 7.84. The zero-order chi connectivity index (χ0) is 12.0. The molecular formula is C10H20N2O3S. The Morgan fingerprint density at radius 3 is 2.88 bits per heavy atom. The average molecular weight is 248 g/mol. The molecule has 0 aliphatic carbocycles. The van der Waals surface area contributed by atoms with Crippen LogP contribution >= 0.6 is 0 Å². The largest absolute Gasteiger partial charge is 0.364 e. The first-order chi connectivity index (χ1) is 7.63. The van der Waals surface area contributed by atoms with Crippen LogP contribution in [0, 0.1) is 0 Å². The van der Waals surface area contributed by atoms with Gasteiger partial charge in [0.15, 0.2) is 0 Å². The highest BCUT2D eigenvalue weighted by atomic mass is 32.2. The van der Waals surface area contributed by atoms with Crippen molar-refractivity contribution in [3.05, 3.63) is 0 Å². The van der Waals surface area contributed by atoms with Crippen molar-refractivity contribution in [3.8, 4) is 0 Å². The maximum atomic E-state index is 11.6. The van der Waals surface area contributed by atoms with Crippen LogP contribution in [0.5, 0.6) is 0 Å². The van der Waals surface area contributed by atoms with Gasteiger partial charge in [-0.15, -0.1) is 0 Å². The van der Waals surface area contributed by atoms with Gasteiger partial charge < -0.3 is 15.8 Å². The molecule has 0 spiro atoms. The monoisotopic (exact) mass is 248 g/mol. The van der Waals surface area contributed by atoms with Gasteiger partial charge in [0.1, 0.15) is 6.10 Å². The summed E-state index contributed by atoms with van der Waals surface area (Å²) in [7, 11) is -0.788. The smallest absolute Gasteiger partial charge is 0.249 e. The second-order valence-electron chi connectivity index (χ2n) is 3.98. The number of ether oxygens (including phenoxy) is 1. The molecule has 1 saturated heterocycles. The molecule has 1 rings (SSSR count). The third-order valence-electron chi connectivity index (χ3n) is 2.57. The zero-order valence-corrected chi connectivity index (χ0v) is 10.4. The summed E-state index contributed by atoms with van der Waals surface area (Å²) in [6.45, 7) is 1.03. The fraction of sp³-hybridized carbons (Fsp3) is 0.900. The molecule has 3 atom stereocenters. The quantitative estimate of drug-likeness (QED) is 0.614. The van der Waals surface area contributed by atoms with Crippen LogP contribution < -0.4 is 11.1 Å². The summed E-state index contributed by atoms with van der Waals surface area (Å²) in [6.07, 6.45) is 3.68. The van der Waals surface area contributed by atoms with Crippen molar-refractivity contribution in [2.24, 2.45) is 5.73 Å². The first-order valence-electron chi connectivity index (χ1n) is 5.56. The number of carbonyl (C=O) groups excluding carboxylic acids is 1. The van der Waals surface area contributed by atoms with Gasteiger partial charge in [-0.05, 0) is 19.3 Å². The summed E-state index contributed by atoms with van der Waals surface area (Å²) in [5.41, 5.74) is 5.46. The summed E-state index contributed by atoms with van der Waals surface area (Å²) in [5, 5.41) is 2.79. The van der Waals surface area contributed by atoms with E-state index in [2.05, 4.69) is 5.32 Å². The van der Waals surface area contributed by atoms with E-state index < -0.39 is 10.8 Å². The van der Waals surface area contributed by atoms with Crippen LogP contribution in [-0.2, 0) is 20.3 Å². The summed E-state index contributed by atoms with van der Waals surface area (Å²) >= 11 is 0. The minimum atomic E-state index is -0.788. The fourth-order valence-electron chi connectivity index (χ4n) is 1.67. The average Bonchev–Trinajstić information content (AvgIpc) is 2.72. The van der Waals surface area contributed by atoms with E-state index in [1.54, 1.807) is 6.26 Å². The Hall–Kier alpha value is -0.460. The predicted molar refractivity (Wildman–Crippen MR) is 63.5 cm³/mol. The number of hydrogen-bond donors (Lipinski definition) is 2. The first-order valence-corrected chi connectivity index (χ1v) is 7.29. The third-order valence-corrected chi connectivity index (χ3v) is 3.43. The van der Waals surface area contributed by atoms with Crippen LogP contribution in [0.3, 0.4) is 0 Å². The normalized spacial score (nSPS) is 26.6. The van der Waals surface area contributed by atoms with Gasteiger partial charge in [-0.25, -0.2) is 0 Å². The van der Waals surface area contributed by atoms with Crippen LogP contribution in [0.2, 0.25) is 0 Å². The van der Waals surface area contributed by atoms with E-state index in [9.17, 15) is 9.00 Å². The lowest BCUT2D eigenvalue weighted by Gasteiger charge is -2.12. The molecule has 1 amide bonds. The van der Waals surface area contributed by atoms with Crippen molar-refractivity contribution in [2.45, 2.75) is 31.5 Å². The topological polar surface area (TPSA) is 81.4 Å². The minimum Gasteiger partial charge on any atom is -0.364 e. The summed E-state index contributed by atoms with van der Waals surface area (Å²) in [6, 6.07) is 0. The molecule has 1 aliphatic heterocycles. The van der Waals surface area contributed by atoms with Gasteiger partial charge in [0.25, 0.3) is 0 Å². The molecule has 5 nitrogen and oxygen atoms in total. The second-order valence-corrected chi connectivity index (χ2v) is 5.54. The maximum Gasteiger partial charge on any atom is 0.249 e. The van der Waals surface area contributed by atoms with Crippen molar-refractivity contribution >= 4 is 16.7 Å². The minimum absolute atomic E-state index is 0.0268. The van der Waals surface area contributed by atoms with E-state index >= 15 is 0 Å². The fourth-order valence-corrected chi connectivity index (χ4v) is 2.22. The molecule has 94 valence electrons. The Morgan fingerprint density at radius 1 is 1.56 bits per heavy atom. The number of nitrogens with one attached hydrogen (secondary N) is 1. The molecule has 0 aromatic carbocycles. The van der Waals surface area contributed by atoms with Gasteiger partial charge in [0.05, 0.1) is 6.10 Å². The van der Waals surface area contributed by atoms with E-state index in [4.69, 9.17) is 10.5 Å². The van der Waals surface area contributed by atoms with Crippen LogP contribution in [0.1, 0.15) is 19.3 Å². The van der Waals surface area contributed by atoms with Crippen molar-refractivity contribution in [1.82, 2.24) is 5.32 Å². The lowest BCUT2D eigenvalue weighted by atomic mass is 10.2. The Morgan fingerprint density at radius 2 is 2.31 bits per heavy atom. The van der Waals surface area contributed by atoms with Crippen LogP contribution in [0.4, 0.5) is 0 Å². The first kappa shape index (κ1) is 13.6. The van der Waals surface area contributed by atoms with Crippen LogP contribution in [-0.4, -0.2) is 47.4 Å². The standard InChI is InChI=1S/C10H20N2O3S/c1-16(14)6-2-5-12-10(13)9-4-3-8(7-11)15-9/h8-9H,2-7,11H2,1H3,(H,12,13). The van der Waals surface area contributed by atoms with Gasteiger partial charge >= 0.3 is 0 Å². The third kappa shape index (κ3) is 4.59. The van der Waals surface area contributed by atoms with Crippen molar-refractivity contribution in [3.63, 3.8) is 0 Å². The molecule has 1 aliphatic rings. The number of nitrogens with two attached hydrogens (primary N) is 1. The van der Waals surface area contributed by atoms with Gasteiger partial charge in [-0.3, -0.25) is 9.00 Å². The Kier molecular flexibility index (Phi) is 5.94. The van der Waals surface area contributed by atoms with Crippen LogP contribution in [0.25, 0.3) is 0 Å². The molecule has 3 unspecified atom stereocenters. The molecule has 16 heavy (non-hydrogen) atoms. The molecule has 6 heteroatoms. The molecule has 1 fully saturated rings. The number of rotatable bonds is 6. The molecule has 0 aromatic heterocycles. The van der Waals surface area contributed by atoms with Gasteiger partial charge in [0, 0.05) is 35.9 Å². The highest BCUT2D eigenvalue weighted by Gasteiger charge is 2.29. The molecular weight excluding hydrogens is 228 g/mol. The molecule has 0 aromatic rings. The highest BCUT2D eigenvalue weighted by Crippen LogP contribution is 2.18. The van der Waals surface area contributed by atoms with Crippen molar-refractivity contribution in [1.29, 1.82) is 0 Å². The van der Waals surface area contributed by atoms with E-state index in [1.807, 2.05) is 0 Å². The van der Waals surface area contributed by atoms with Gasteiger partial charge in [-0.1, -0.05) is 0 Å². The van der Waals surface area contributed by atoms with Gasteiger partial charge in [0.2, 0.25) is 5.91 Å². The summed E-state index contributed by atoms with van der Waals surface area (Å²) < 4.78 is 16.2. The number of hydrogen-bond acceptors (Lipinski definition) is 4. The van der Waals surface area contributed by atoms with E-state index in [-0.39, 0.29) is 18.1 Å². The Labute approximate surface area is 98.6 Å². The summed E-state index contributed by atoms with van der Waals surface area (Å²) in [4.78, 5) is 11.6. The van der Waals surface area contributed by atoms with Gasteiger partial charge in [-0.2, -0.15) is 0 Å². The van der Waals surface area contributed by atoms with E-state index in [1.165, 1.54) is 0 Å². The summed E-state index contributed by atoms with van der Waals surface area (Å²) in [5.74, 6) is 0.551. The molecule has 0 saturated carbocycles. The SMILES string of the molecule is CS(=O)CCCNC(=O)C1CCC(CN)O1. The number of amides is 1. The predicted octanol–water partition coefficient (Wildman–Crippen LogP) is -0.622. The van der Waals surface area contributed by atoms with Crippen molar-refractivity contribution < 1.29 is 13.7 Å².